The van der Waals surface area contributed by atoms with Crippen LogP contribution in [0.3, 0.4) is 0 Å². The summed E-state index contributed by atoms with van der Waals surface area (Å²) in [7, 11) is 0. The Balaban J connectivity index is 1.49. The Kier molecular flexibility index (Phi) is 6.50. The van der Waals surface area contributed by atoms with Crippen molar-refractivity contribution in [2.75, 3.05) is 13.2 Å². The number of para-hydroxylation sites is 1. The Hall–Kier alpha value is -3.38. The minimum Gasteiger partial charge on any atom is -0.459 e. The van der Waals surface area contributed by atoms with Gasteiger partial charge in [0.15, 0.2) is 5.78 Å². The number of hydrogen-bond acceptors (Lipinski definition) is 6. The third-order valence-electron chi connectivity index (χ3n) is 6.59. The van der Waals surface area contributed by atoms with E-state index in [0.717, 1.165) is 48.4 Å². The second-order valence-electron chi connectivity index (χ2n) is 8.99. The normalized spacial score (nSPS) is 22.3. The number of carbonyl (C=O) groups is 2. The molecule has 0 aromatic heterocycles. The average Bonchev–Trinajstić information content (AvgIpc) is 3.36. The Morgan fingerprint density at radius 1 is 1.06 bits per heavy atom. The number of allylic oxidation sites excluding steroid dienone is 3. The van der Waals surface area contributed by atoms with E-state index in [-0.39, 0.29) is 18.5 Å². The predicted molar refractivity (Wildman–Crippen MR) is 127 cm³/mol. The van der Waals surface area contributed by atoms with Crippen LogP contribution >= 0.6 is 0 Å². The molecule has 6 heteroatoms. The molecule has 0 spiro atoms. The number of ketones is 1. The molecule has 34 heavy (non-hydrogen) atoms. The van der Waals surface area contributed by atoms with E-state index in [1.165, 1.54) is 0 Å². The third kappa shape index (κ3) is 4.64. The van der Waals surface area contributed by atoms with Crippen molar-refractivity contribution in [3.05, 3.63) is 82.7 Å². The summed E-state index contributed by atoms with van der Waals surface area (Å²) < 4.78 is 17.4. The van der Waals surface area contributed by atoms with Crippen molar-refractivity contribution >= 4 is 11.8 Å². The number of dihydropyridines is 1. The highest BCUT2D eigenvalue weighted by Gasteiger charge is 2.39. The van der Waals surface area contributed by atoms with Crippen molar-refractivity contribution in [2.45, 2.75) is 51.0 Å². The number of nitrogens with one attached hydrogen (secondary N) is 1. The van der Waals surface area contributed by atoms with Gasteiger partial charge < -0.3 is 19.5 Å². The maximum atomic E-state index is 13.4. The van der Waals surface area contributed by atoms with Crippen LogP contribution in [0.5, 0.6) is 11.5 Å². The summed E-state index contributed by atoms with van der Waals surface area (Å²) in [6.07, 6.45) is 3.88. The molecule has 0 saturated carbocycles. The molecule has 3 aliphatic rings. The second-order valence-corrected chi connectivity index (χ2v) is 8.99. The molecule has 0 radical (unpaired) electrons. The van der Waals surface area contributed by atoms with Crippen molar-refractivity contribution in [1.29, 1.82) is 0 Å². The van der Waals surface area contributed by atoms with Crippen LogP contribution in [-0.4, -0.2) is 31.1 Å². The van der Waals surface area contributed by atoms with Gasteiger partial charge in [-0.1, -0.05) is 30.3 Å². The van der Waals surface area contributed by atoms with E-state index in [9.17, 15) is 9.59 Å². The van der Waals surface area contributed by atoms with Crippen LogP contribution in [0.2, 0.25) is 0 Å². The molecule has 1 aliphatic carbocycles. The van der Waals surface area contributed by atoms with E-state index >= 15 is 0 Å². The first-order valence-electron chi connectivity index (χ1n) is 12.0. The summed E-state index contributed by atoms with van der Waals surface area (Å²) in [4.78, 5) is 26.5. The maximum absolute atomic E-state index is 13.4. The van der Waals surface area contributed by atoms with Crippen molar-refractivity contribution in [3.63, 3.8) is 0 Å². The average molecular weight is 460 g/mol. The largest absolute Gasteiger partial charge is 0.459 e. The van der Waals surface area contributed by atoms with Crippen LogP contribution in [-0.2, 0) is 19.1 Å². The lowest BCUT2D eigenvalue weighted by molar-refractivity contribution is -0.142. The van der Waals surface area contributed by atoms with Crippen LogP contribution in [0.4, 0.5) is 0 Å². The predicted octanol–water partition coefficient (Wildman–Crippen LogP) is 5.17. The van der Waals surface area contributed by atoms with Crippen LogP contribution in [0.1, 0.15) is 50.5 Å². The van der Waals surface area contributed by atoms with Gasteiger partial charge in [-0.3, -0.25) is 4.79 Å². The van der Waals surface area contributed by atoms with Gasteiger partial charge in [-0.2, -0.15) is 0 Å². The van der Waals surface area contributed by atoms with E-state index < -0.39 is 11.9 Å². The van der Waals surface area contributed by atoms with E-state index in [1.807, 2.05) is 61.5 Å². The summed E-state index contributed by atoms with van der Waals surface area (Å²) in [5.74, 6) is 0.536. The molecule has 6 nitrogen and oxygen atoms in total. The molecule has 0 bridgehead atoms. The molecule has 1 saturated heterocycles. The van der Waals surface area contributed by atoms with Gasteiger partial charge in [-0.25, -0.2) is 4.79 Å². The first kappa shape index (κ1) is 22.4. The van der Waals surface area contributed by atoms with Crippen LogP contribution < -0.4 is 10.1 Å². The Labute approximate surface area is 199 Å². The number of benzene rings is 2. The number of esters is 1. The van der Waals surface area contributed by atoms with Crippen molar-refractivity contribution in [3.8, 4) is 11.5 Å². The van der Waals surface area contributed by atoms with E-state index in [1.54, 1.807) is 0 Å². The standard InChI is InChI=1S/C28H29NO5/c1-18-25(28(31)33-17-22-12-7-15-32-22)26(27-23(29-18)13-6-14-24(27)30)19-8-5-11-21(16-19)34-20-9-3-2-4-10-20/h2-5,8-11,16,22,26,29H,6-7,12-15,17H2,1H3. The number of carbonyl (C=O) groups excluding carboxylic acids is 2. The number of hydrogen-bond donors (Lipinski definition) is 1. The molecule has 2 aromatic carbocycles. The maximum Gasteiger partial charge on any atom is 0.336 e. The van der Waals surface area contributed by atoms with Gasteiger partial charge in [0.25, 0.3) is 0 Å². The molecular weight excluding hydrogens is 430 g/mol. The second kappa shape index (κ2) is 9.85. The summed E-state index contributed by atoms with van der Waals surface area (Å²) in [5, 5.41) is 3.34. The van der Waals surface area contributed by atoms with E-state index in [0.29, 0.717) is 29.9 Å². The smallest absolute Gasteiger partial charge is 0.336 e. The Morgan fingerprint density at radius 3 is 2.68 bits per heavy atom. The molecule has 2 aliphatic heterocycles. The van der Waals surface area contributed by atoms with Gasteiger partial charge in [-0.05, 0) is 62.4 Å². The van der Waals surface area contributed by atoms with Gasteiger partial charge in [0.2, 0.25) is 0 Å². The lowest BCUT2D eigenvalue weighted by atomic mass is 9.75. The number of Topliss-reactive ketones (excluding diaryl/α,β-unsaturated/α-hetero) is 1. The highest BCUT2D eigenvalue weighted by atomic mass is 16.6. The first-order valence-corrected chi connectivity index (χ1v) is 12.0. The third-order valence-corrected chi connectivity index (χ3v) is 6.59. The highest BCUT2D eigenvalue weighted by Crippen LogP contribution is 2.43. The highest BCUT2D eigenvalue weighted by molar-refractivity contribution is 6.03. The molecule has 176 valence electrons. The molecule has 1 fully saturated rings. The fourth-order valence-electron chi connectivity index (χ4n) is 4.99. The minimum absolute atomic E-state index is 0.0615. The quantitative estimate of drug-likeness (QED) is 0.601. The van der Waals surface area contributed by atoms with Crippen molar-refractivity contribution in [2.24, 2.45) is 0 Å². The fraction of sp³-hybridized carbons (Fsp3) is 0.357. The SMILES string of the molecule is CC1=C(C(=O)OCC2CCCO2)C(c2cccc(Oc3ccccc3)c2)C2=C(CCCC2=O)N1. The molecule has 5 rings (SSSR count). The summed E-state index contributed by atoms with van der Waals surface area (Å²) in [5.41, 5.74) is 3.61. The van der Waals surface area contributed by atoms with Crippen LogP contribution in [0.25, 0.3) is 0 Å². The van der Waals surface area contributed by atoms with Crippen LogP contribution in [0.15, 0.2) is 77.1 Å². The number of rotatable bonds is 6. The summed E-state index contributed by atoms with van der Waals surface area (Å²) in [6, 6.07) is 17.2. The van der Waals surface area contributed by atoms with Gasteiger partial charge >= 0.3 is 5.97 Å². The molecule has 2 unspecified atom stereocenters. The molecule has 1 N–H and O–H groups in total. The Bertz CT molecular complexity index is 1140. The van der Waals surface area contributed by atoms with E-state index in [2.05, 4.69) is 5.32 Å². The zero-order valence-corrected chi connectivity index (χ0v) is 19.3. The van der Waals surface area contributed by atoms with Crippen molar-refractivity contribution in [1.82, 2.24) is 5.32 Å². The minimum atomic E-state index is -0.500. The van der Waals surface area contributed by atoms with Gasteiger partial charge in [0.1, 0.15) is 18.1 Å². The first-order chi connectivity index (χ1) is 16.6. The molecule has 2 heterocycles. The Morgan fingerprint density at radius 2 is 1.88 bits per heavy atom. The lowest BCUT2D eigenvalue weighted by Crippen LogP contribution is -2.35. The zero-order chi connectivity index (χ0) is 23.5. The van der Waals surface area contributed by atoms with Crippen molar-refractivity contribution < 1.29 is 23.8 Å². The van der Waals surface area contributed by atoms with Gasteiger partial charge in [0, 0.05) is 35.9 Å². The fourth-order valence-corrected chi connectivity index (χ4v) is 4.99. The number of ether oxygens (including phenoxy) is 3. The lowest BCUT2D eigenvalue weighted by Gasteiger charge is -2.34. The molecule has 2 atom stereocenters. The zero-order valence-electron chi connectivity index (χ0n) is 19.3. The van der Waals surface area contributed by atoms with E-state index in [4.69, 9.17) is 14.2 Å². The van der Waals surface area contributed by atoms with Crippen LogP contribution in [0, 0.1) is 0 Å². The van der Waals surface area contributed by atoms with Gasteiger partial charge in [-0.15, -0.1) is 0 Å². The topological polar surface area (TPSA) is 73.9 Å². The molecule has 0 amide bonds. The summed E-state index contributed by atoms with van der Waals surface area (Å²) >= 11 is 0. The van der Waals surface area contributed by atoms with Gasteiger partial charge in [0.05, 0.1) is 11.7 Å². The summed E-state index contributed by atoms with van der Waals surface area (Å²) in [6.45, 7) is 2.80. The molecule has 2 aromatic rings. The molecular formula is C28H29NO5. The monoisotopic (exact) mass is 459 g/mol.